The lowest BCUT2D eigenvalue weighted by Crippen LogP contribution is -2.26. The topological polar surface area (TPSA) is 46.2 Å². The Kier molecular flexibility index (Phi) is 6.03. The quantitative estimate of drug-likeness (QED) is 0.794. The molecule has 18 heavy (non-hydrogen) atoms. The number of nitrogens with one attached hydrogen (secondary N) is 1. The van der Waals surface area contributed by atoms with Crippen molar-refractivity contribution >= 4 is 37.7 Å². The molecule has 0 radical (unpaired) electrons. The van der Waals surface area contributed by atoms with Gasteiger partial charge in [0.2, 0.25) is 10.0 Å². The summed E-state index contributed by atoms with van der Waals surface area (Å²) in [4.78, 5) is -0.562. The Morgan fingerprint density at radius 1 is 1.39 bits per heavy atom. The van der Waals surface area contributed by atoms with E-state index in [1.807, 2.05) is 6.26 Å². The summed E-state index contributed by atoms with van der Waals surface area (Å²) < 4.78 is 52.2. The zero-order valence-corrected chi connectivity index (χ0v) is 12.8. The Labute approximate surface area is 118 Å². The van der Waals surface area contributed by atoms with Gasteiger partial charge in [-0.3, -0.25) is 0 Å². The molecule has 3 nitrogen and oxygen atoms in total. The fourth-order valence-corrected chi connectivity index (χ4v) is 3.95. The Balaban J connectivity index is 2.92. The van der Waals surface area contributed by atoms with Gasteiger partial charge >= 0.3 is 0 Å². The molecule has 1 aromatic carbocycles. The molecule has 0 saturated carbocycles. The molecule has 1 N–H and O–H groups in total. The summed E-state index contributed by atoms with van der Waals surface area (Å²) in [5, 5.41) is 0. The molecule has 0 unspecified atom stereocenters. The maximum Gasteiger partial charge on any atom is 0.244 e. The van der Waals surface area contributed by atoms with Crippen molar-refractivity contribution in [2.24, 2.45) is 0 Å². The van der Waals surface area contributed by atoms with E-state index in [1.54, 1.807) is 11.8 Å². The van der Waals surface area contributed by atoms with Crippen LogP contribution in [0.15, 0.2) is 21.5 Å². The van der Waals surface area contributed by atoms with Gasteiger partial charge in [-0.2, -0.15) is 11.8 Å². The molecule has 0 aliphatic heterocycles. The van der Waals surface area contributed by atoms with Crippen LogP contribution in [0.4, 0.5) is 8.78 Å². The van der Waals surface area contributed by atoms with Gasteiger partial charge in [-0.15, -0.1) is 0 Å². The molecule has 0 amide bonds. The van der Waals surface area contributed by atoms with E-state index >= 15 is 0 Å². The Bertz CT molecular complexity index is 500. The first-order chi connectivity index (χ1) is 8.38. The van der Waals surface area contributed by atoms with E-state index in [0.29, 0.717) is 12.5 Å². The van der Waals surface area contributed by atoms with Gasteiger partial charge < -0.3 is 0 Å². The summed E-state index contributed by atoms with van der Waals surface area (Å²) in [7, 11) is -3.97. The van der Waals surface area contributed by atoms with Gasteiger partial charge in [-0.1, -0.05) is 0 Å². The molecule has 0 saturated heterocycles. The van der Waals surface area contributed by atoms with Crippen LogP contribution < -0.4 is 4.72 Å². The Morgan fingerprint density at radius 3 is 2.61 bits per heavy atom. The summed E-state index contributed by atoms with van der Waals surface area (Å²) >= 11 is 4.44. The molecule has 0 bridgehead atoms. The first-order valence-corrected chi connectivity index (χ1v) is 8.68. The summed E-state index contributed by atoms with van der Waals surface area (Å²) in [6.45, 7) is 0.215. The van der Waals surface area contributed by atoms with Gasteiger partial charge in [0.1, 0.15) is 16.5 Å². The predicted molar refractivity (Wildman–Crippen MR) is 72.2 cm³/mol. The number of thioether (sulfide) groups is 1. The molecule has 1 aromatic rings. The van der Waals surface area contributed by atoms with Crippen molar-refractivity contribution in [3.63, 3.8) is 0 Å². The van der Waals surface area contributed by atoms with Crippen LogP contribution in [0.5, 0.6) is 0 Å². The number of halogens is 3. The van der Waals surface area contributed by atoms with Crippen LogP contribution in [0, 0.1) is 11.6 Å². The van der Waals surface area contributed by atoms with Gasteiger partial charge in [-0.05, 0) is 40.4 Å². The highest BCUT2D eigenvalue weighted by molar-refractivity contribution is 9.10. The molecule has 0 atom stereocenters. The maximum absolute atomic E-state index is 13.5. The lowest BCUT2D eigenvalue weighted by molar-refractivity contribution is 0.540. The van der Waals surface area contributed by atoms with Crippen LogP contribution in [-0.4, -0.2) is 27.0 Å². The molecule has 102 valence electrons. The summed E-state index contributed by atoms with van der Waals surface area (Å²) in [5.41, 5.74) is 0. The minimum absolute atomic E-state index is 0.127. The van der Waals surface area contributed by atoms with Gasteiger partial charge in [0.15, 0.2) is 0 Å². The van der Waals surface area contributed by atoms with E-state index in [1.165, 1.54) is 0 Å². The first kappa shape index (κ1) is 15.9. The lowest BCUT2D eigenvalue weighted by atomic mass is 10.3. The number of hydrogen-bond acceptors (Lipinski definition) is 3. The molecule has 0 aliphatic rings. The molecule has 0 aromatic heterocycles. The van der Waals surface area contributed by atoms with E-state index in [2.05, 4.69) is 20.7 Å². The van der Waals surface area contributed by atoms with Gasteiger partial charge in [0.25, 0.3) is 0 Å². The van der Waals surface area contributed by atoms with Crippen molar-refractivity contribution in [2.75, 3.05) is 18.6 Å². The molecule has 0 spiro atoms. The fourth-order valence-electron chi connectivity index (χ4n) is 1.28. The number of sulfonamides is 1. The van der Waals surface area contributed by atoms with Crippen LogP contribution in [0.25, 0.3) is 0 Å². The van der Waals surface area contributed by atoms with Crippen LogP contribution in [0.2, 0.25) is 0 Å². The first-order valence-electron chi connectivity index (χ1n) is 5.01. The highest BCUT2D eigenvalue weighted by Gasteiger charge is 2.23. The minimum atomic E-state index is -3.97. The standard InChI is InChI=1S/C10H12BrF2NO2S2/c1-17-4-2-3-14-18(15,16)10-8(11)5-7(12)6-9(10)13/h5-6,14H,2-4H2,1H3. The molecule has 0 fully saturated rings. The molecule has 0 heterocycles. The fraction of sp³-hybridized carbons (Fsp3) is 0.400. The molecular weight excluding hydrogens is 348 g/mol. The largest absolute Gasteiger partial charge is 0.244 e. The maximum atomic E-state index is 13.5. The zero-order valence-electron chi connectivity index (χ0n) is 9.54. The third kappa shape index (κ3) is 4.18. The SMILES string of the molecule is CSCCCNS(=O)(=O)c1c(F)cc(F)cc1Br. The average molecular weight is 360 g/mol. The van der Waals surface area contributed by atoms with Gasteiger partial charge in [0.05, 0.1) is 0 Å². The zero-order chi connectivity index (χ0) is 13.8. The van der Waals surface area contributed by atoms with Crippen LogP contribution in [-0.2, 0) is 10.0 Å². The number of benzene rings is 1. The third-order valence-electron chi connectivity index (χ3n) is 2.05. The Morgan fingerprint density at radius 2 is 2.06 bits per heavy atom. The second kappa shape index (κ2) is 6.83. The van der Waals surface area contributed by atoms with Crippen molar-refractivity contribution in [3.8, 4) is 0 Å². The predicted octanol–water partition coefficient (Wildman–Crippen LogP) is 2.76. The summed E-state index contributed by atoms with van der Waals surface area (Å²) in [5.74, 6) is -1.14. The number of hydrogen-bond donors (Lipinski definition) is 1. The van der Waals surface area contributed by atoms with E-state index in [-0.39, 0.29) is 11.0 Å². The molecule has 1 rings (SSSR count). The van der Waals surface area contributed by atoms with Crippen molar-refractivity contribution < 1.29 is 17.2 Å². The second-order valence-corrected chi connectivity index (χ2v) is 6.99. The van der Waals surface area contributed by atoms with Crippen LogP contribution in [0.3, 0.4) is 0 Å². The second-order valence-electron chi connectivity index (χ2n) is 3.44. The van der Waals surface area contributed by atoms with E-state index in [0.717, 1.165) is 11.8 Å². The van der Waals surface area contributed by atoms with Crippen molar-refractivity contribution in [1.29, 1.82) is 0 Å². The van der Waals surface area contributed by atoms with E-state index in [9.17, 15) is 17.2 Å². The summed E-state index contributed by atoms with van der Waals surface area (Å²) in [6, 6.07) is 1.46. The van der Waals surface area contributed by atoms with E-state index < -0.39 is 26.6 Å². The summed E-state index contributed by atoms with van der Waals surface area (Å²) in [6.07, 6.45) is 2.55. The lowest BCUT2D eigenvalue weighted by Gasteiger charge is -2.09. The van der Waals surface area contributed by atoms with Crippen LogP contribution >= 0.6 is 27.7 Å². The third-order valence-corrected chi connectivity index (χ3v) is 5.17. The van der Waals surface area contributed by atoms with E-state index in [4.69, 9.17) is 0 Å². The average Bonchev–Trinajstić information content (AvgIpc) is 2.22. The van der Waals surface area contributed by atoms with Crippen LogP contribution in [0.1, 0.15) is 6.42 Å². The van der Waals surface area contributed by atoms with Gasteiger partial charge in [-0.25, -0.2) is 21.9 Å². The Hall–Kier alpha value is -0.180. The van der Waals surface area contributed by atoms with Crippen molar-refractivity contribution in [2.45, 2.75) is 11.3 Å². The normalized spacial score (nSPS) is 11.8. The smallest absolute Gasteiger partial charge is 0.211 e. The molecule has 0 aliphatic carbocycles. The van der Waals surface area contributed by atoms with Crippen molar-refractivity contribution in [3.05, 3.63) is 28.2 Å². The monoisotopic (exact) mass is 359 g/mol. The number of rotatable bonds is 6. The molecule has 8 heteroatoms. The minimum Gasteiger partial charge on any atom is -0.211 e. The highest BCUT2D eigenvalue weighted by atomic mass is 79.9. The molecular formula is C10H12BrF2NO2S2. The van der Waals surface area contributed by atoms with Gasteiger partial charge in [0, 0.05) is 17.1 Å². The van der Waals surface area contributed by atoms with Crippen molar-refractivity contribution in [1.82, 2.24) is 4.72 Å². The highest BCUT2D eigenvalue weighted by Crippen LogP contribution is 2.25.